The molecule has 3 fully saturated rings. The molecule has 5 aliphatic rings. The Morgan fingerprint density at radius 3 is 2.38 bits per heavy atom. The smallest absolute Gasteiger partial charge is 0.264 e. The van der Waals surface area contributed by atoms with Crippen molar-refractivity contribution in [2.75, 3.05) is 50.8 Å². The van der Waals surface area contributed by atoms with Crippen molar-refractivity contribution < 1.29 is 23.9 Å². The molecule has 1 unspecified atom stereocenters. The zero-order valence-electron chi connectivity index (χ0n) is 33.8. The maximum Gasteiger partial charge on any atom is 0.264 e. The molecule has 1 N–H and O–H groups in total. The zero-order valence-corrected chi connectivity index (χ0v) is 34.6. The fourth-order valence-corrected chi connectivity index (χ4v) is 9.21. The van der Waals surface area contributed by atoms with Crippen LogP contribution in [0.15, 0.2) is 78.0 Å². The van der Waals surface area contributed by atoms with Gasteiger partial charge in [0.1, 0.15) is 17.4 Å². The third-order valence-electron chi connectivity index (χ3n) is 12.5. The van der Waals surface area contributed by atoms with Crippen molar-refractivity contribution in [1.29, 1.82) is 0 Å². The molecule has 15 nitrogen and oxygen atoms in total. The summed E-state index contributed by atoms with van der Waals surface area (Å²) in [5, 5.41) is 16.7. The summed E-state index contributed by atoms with van der Waals surface area (Å²) in [5.41, 5.74) is 7.02. The molecule has 1 atom stereocenters. The minimum Gasteiger partial charge on any atom is -0.381 e. The number of aryl methyl sites for hydroxylation is 2. The first kappa shape index (κ1) is 39.1. The molecule has 1 saturated carbocycles. The van der Waals surface area contributed by atoms with Crippen LogP contribution in [-0.4, -0.2) is 116 Å². The van der Waals surface area contributed by atoms with E-state index in [9.17, 15) is 19.2 Å². The van der Waals surface area contributed by atoms with Crippen molar-refractivity contribution in [2.24, 2.45) is 4.99 Å². The van der Waals surface area contributed by atoms with E-state index in [4.69, 9.17) is 21.3 Å². The second-order valence-corrected chi connectivity index (χ2v) is 16.9. The molecule has 1 spiro atoms. The summed E-state index contributed by atoms with van der Waals surface area (Å²) < 4.78 is 10.2. The van der Waals surface area contributed by atoms with Gasteiger partial charge in [-0.15, -0.1) is 10.2 Å². The summed E-state index contributed by atoms with van der Waals surface area (Å²) in [5.74, 6) is -0.226. The monoisotopic (exact) mass is 840 g/mol. The molecule has 2 saturated heterocycles. The van der Waals surface area contributed by atoms with Gasteiger partial charge in [0, 0.05) is 86.8 Å². The van der Waals surface area contributed by atoms with Gasteiger partial charge in [0.25, 0.3) is 11.8 Å². The zero-order chi connectivity index (χ0) is 41.8. The summed E-state index contributed by atoms with van der Waals surface area (Å²) in [7, 11) is 0. The molecule has 5 aromatic rings. The highest BCUT2D eigenvalue weighted by Crippen LogP contribution is 2.52. The lowest BCUT2D eigenvalue weighted by Gasteiger charge is -2.36. The number of nitrogens with one attached hydrogen (secondary N) is 1. The van der Waals surface area contributed by atoms with Crippen molar-refractivity contribution in [3.8, 4) is 16.8 Å². The highest BCUT2D eigenvalue weighted by Gasteiger charge is 2.51. The lowest BCUT2D eigenvalue weighted by atomic mass is 9.96. The first-order valence-corrected chi connectivity index (χ1v) is 21.4. The number of anilines is 1. The lowest BCUT2D eigenvalue weighted by Crippen LogP contribution is -2.54. The van der Waals surface area contributed by atoms with Gasteiger partial charge in [-0.2, -0.15) is 5.10 Å². The maximum absolute atomic E-state index is 13.6. The van der Waals surface area contributed by atoms with Gasteiger partial charge in [-0.1, -0.05) is 35.9 Å². The number of benzene rings is 3. The van der Waals surface area contributed by atoms with E-state index < -0.39 is 29.7 Å². The van der Waals surface area contributed by atoms with Gasteiger partial charge < -0.3 is 9.64 Å². The van der Waals surface area contributed by atoms with E-state index in [-0.39, 0.29) is 18.4 Å². The van der Waals surface area contributed by atoms with Crippen LogP contribution in [0.1, 0.15) is 82.0 Å². The quantitative estimate of drug-likeness (QED) is 0.135. The number of carbonyl (C=O) groups is 4. The Hall–Kier alpha value is -6.03. The molecule has 2 aromatic heterocycles. The Balaban J connectivity index is 0.705. The number of rotatable bonds is 12. The van der Waals surface area contributed by atoms with Crippen LogP contribution in [-0.2, 0) is 26.4 Å². The topological polar surface area (TPSA) is 160 Å². The molecular weight excluding hydrogens is 796 g/mol. The number of fused-ring (bicyclic) bond motifs is 5. The van der Waals surface area contributed by atoms with Crippen LogP contribution < -0.4 is 10.2 Å². The predicted octanol–water partition coefficient (Wildman–Crippen LogP) is 4.95. The summed E-state index contributed by atoms with van der Waals surface area (Å²) in [6.45, 7) is 7.94. The molecular formula is C45H45ClN10O5. The van der Waals surface area contributed by atoms with E-state index in [1.165, 1.54) is 0 Å². The Bertz CT molecular complexity index is 2610. The number of amides is 4. The molecule has 1 aliphatic carbocycles. The number of piperidine rings is 1. The Morgan fingerprint density at radius 2 is 1.61 bits per heavy atom. The van der Waals surface area contributed by atoms with Crippen LogP contribution in [0.25, 0.3) is 16.8 Å². The van der Waals surface area contributed by atoms with E-state index in [2.05, 4.69) is 59.4 Å². The minimum atomic E-state index is -0.982. The van der Waals surface area contributed by atoms with Crippen LogP contribution >= 0.6 is 11.6 Å². The third kappa shape index (κ3) is 7.23. The third-order valence-corrected chi connectivity index (χ3v) is 12.7. The van der Waals surface area contributed by atoms with Gasteiger partial charge in [0.2, 0.25) is 11.8 Å². The van der Waals surface area contributed by atoms with Gasteiger partial charge in [-0.05, 0) is 81.0 Å². The standard InChI is InChI=1S/C45H45ClN10O5/c1-28-50-51-44-45(15-16-45)49-40(29-7-10-32(46)11-8-29)34-25-30(9-12-35(34)55(28)44)31-26-47-54(27-31)18-4-24-61-23-3-17-52-19-21-53(22-20-52)36-6-2-5-33-39(36)43(60)56(42(33)59)37-13-14-38(57)48-41(37)58/h2,5-12,25-27,37H,3-4,13-24H2,1H3,(H,48,57,58). The molecule has 4 amide bonds. The number of hydrogen-bond donors (Lipinski definition) is 1. The fraction of sp³-hybridized carbons (Fsp3) is 0.378. The van der Waals surface area contributed by atoms with Crippen LogP contribution in [0.3, 0.4) is 0 Å². The second-order valence-electron chi connectivity index (χ2n) is 16.4. The molecule has 312 valence electrons. The van der Waals surface area contributed by atoms with Gasteiger partial charge in [-0.3, -0.25) is 48.5 Å². The normalized spacial score (nSPS) is 19.4. The SMILES string of the molecule is Cc1nnc2n1-c1ccc(-c3cnn(CCCOCCCN4CCN(c5cccc6c5C(=O)N(C5CCC(=O)NC5=O)C6=O)CC4)c3)cc1C(c1ccc(Cl)cc1)=NC21CC1. The van der Waals surface area contributed by atoms with Crippen LogP contribution in [0, 0.1) is 6.92 Å². The summed E-state index contributed by atoms with van der Waals surface area (Å²) >= 11 is 6.28. The van der Waals surface area contributed by atoms with Crippen molar-refractivity contribution in [1.82, 2.24) is 39.7 Å². The van der Waals surface area contributed by atoms with Gasteiger partial charge >= 0.3 is 0 Å². The number of nitrogens with zero attached hydrogens (tertiary/aromatic N) is 9. The fourth-order valence-electron chi connectivity index (χ4n) is 9.09. The number of hydrogen-bond acceptors (Lipinski definition) is 11. The molecule has 6 heterocycles. The Morgan fingerprint density at radius 1 is 0.836 bits per heavy atom. The molecule has 4 aliphatic heterocycles. The molecule has 10 rings (SSSR count). The number of halogens is 1. The van der Waals surface area contributed by atoms with Crippen molar-refractivity contribution in [2.45, 2.75) is 63.6 Å². The molecule has 61 heavy (non-hydrogen) atoms. The first-order valence-electron chi connectivity index (χ1n) is 21.0. The van der Waals surface area contributed by atoms with Crippen LogP contribution in [0.2, 0.25) is 5.02 Å². The van der Waals surface area contributed by atoms with Gasteiger partial charge in [0.05, 0.1) is 34.4 Å². The molecule has 0 bridgehead atoms. The van der Waals surface area contributed by atoms with E-state index in [1.54, 1.807) is 12.1 Å². The highest BCUT2D eigenvalue weighted by molar-refractivity contribution is 6.30. The lowest BCUT2D eigenvalue weighted by molar-refractivity contribution is -0.136. The molecule has 3 aromatic carbocycles. The number of aromatic nitrogens is 5. The van der Waals surface area contributed by atoms with Crippen molar-refractivity contribution in [3.63, 3.8) is 0 Å². The molecule has 0 radical (unpaired) electrons. The van der Waals surface area contributed by atoms with E-state index in [0.717, 1.165) is 102 Å². The van der Waals surface area contributed by atoms with Crippen LogP contribution in [0.5, 0.6) is 0 Å². The Kier molecular flexibility index (Phi) is 10.1. The number of imide groups is 2. The van der Waals surface area contributed by atoms with E-state index in [1.807, 2.05) is 48.1 Å². The minimum absolute atomic E-state index is 0.0894. The van der Waals surface area contributed by atoms with Crippen molar-refractivity contribution in [3.05, 3.63) is 112 Å². The Labute approximate surface area is 357 Å². The average Bonchev–Trinajstić information content (AvgIpc) is 3.61. The van der Waals surface area contributed by atoms with Gasteiger partial charge in [0.15, 0.2) is 5.82 Å². The maximum atomic E-state index is 13.6. The summed E-state index contributed by atoms with van der Waals surface area (Å²) in [6.07, 6.45) is 7.82. The van der Waals surface area contributed by atoms with Crippen molar-refractivity contribution >= 4 is 46.6 Å². The molecule has 16 heteroatoms. The largest absolute Gasteiger partial charge is 0.381 e. The predicted molar refractivity (Wildman–Crippen MR) is 227 cm³/mol. The average molecular weight is 841 g/mol. The number of piperazine rings is 1. The number of aliphatic imine (C=N–C) groups is 1. The summed E-state index contributed by atoms with van der Waals surface area (Å²) in [4.78, 5) is 62.0. The van der Waals surface area contributed by atoms with Gasteiger partial charge in [-0.25, -0.2) is 0 Å². The highest BCUT2D eigenvalue weighted by atomic mass is 35.5. The number of ether oxygens (including phenoxy) is 1. The first-order chi connectivity index (χ1) is 29.7. The summed E-state index contributed by atoms with van der Waals surface area (Å²) in [6, 6.07) is 18.7. The number of carbonyl (C=O) groups excluding carboxylic acids is 4. The van der Waals surface area contributed by atoms with Crippen LogP contribution in [0.4, 0.5) is 5.69 Å². The van der Waals surface area contributed by atoms with E-state index in [0.29, 0.717) is 48.1 Å². The van der Waals surface area contributed by atoms with E-state index >= 15 is 0 Å². The second kappa shape index (κ2) is 15.8.